The Bertz CT molecular complexity index is 732. The molecule has 1 aromatic rings. The van der Waals surface area contributed by atoms with Gasteiger partial charge in [0.1, 0.15) is 24.8 Å². The van der Waals surface area contributed by atoms with E-state index in [4.69, 9.17) is 14.6 Å². The zero-order valence-corrected chi connectivity index (χ0v) is 18.1. The minimum Gasteiger partial charge on any atom is -0.480 e. The predicted molar refractivity (Wildman–Crippen MR) is 112 cm³/mol. The molecular formula is C21H31N3O7. The molecule has 1 rings (SSSR count). The molecule has 10 nitrogen and oxygen atoms in total. The molecule has 0 radical (unpaired) electrons. The lowest BCUT2D eigenvalue weighted by Gasteiger charge is -2.23. The second-order valence-corrected chi connectivity index (χ2v) is 7.79. The molecule has 1 atom stereocenters. The normalized spacial score (nSPS) is 11.7. The fourth-order valence-electron chi connectivity index (χ4n) is 2.44. The van der Waals surface area contributed by atoms with Crippen LogP contribution in [0.5, 0.6) is 0 Å². The van der Waals surface area contributed by atoms with Gasteiger partial charge in [0.05, 0.1) is 0 Å². The molecule has 0 aliphatic heterocycles. The standard InChI is InChI=1S/C21H31N3O7/c1-21(2,3)31-20(29)24-16(18(27)23-13-17(25)26)11-7-8-12-22-19(28)30-14-15-9-5-4-6-10-15/h4-6,9-10,16H,7-8,11-14H2,1-3H3,(H,22,28)(H,23,27)(H,24,29)(H,25,26)/t16-/m1/s1. The van der Waals surface area contributed by atoms with Gasteiger partial charge in [0.15, 0.2) is 0 Å². The number of carboxylic acid groups (broad SMARTS) is 1. The zero-order chi connectivity index (χ0) is 23.3. The number of ether oxygens (including phenoxy) is 2. The lowest BCUT2D eigenvalue weighted by Crippen LogP contribution is -2.49. The van der Waals surface area contributed by atoms with E-state index in [9.17, 15) is 19.2 Å². The molecule has 0 unspecified atom stereocenters. The maximum Gasteiger partial charge on any atom is 0.408 e. The van der Waals surface area contributed by atoms with Crippen molar-refractivity contribution >= 4 is 24.1 Å². The van der Waals surface area contributed by atoms with Crippen molar-refractivity contribution in [3.05, 3.63) is 35.9 Å². The molecule has 172 valence electrons. The summed E-state index contributed by atoms with van der Waals surface area (Å²) in [6.07, 6.45) is -0.0677. The van der Waals surface area contributed by atoms with Crippen LogP contribution in [0.1, 0.15) is 45.6 Å². The Morgan fingerprint density at radius 2 is 1.68 bits per heavy atom. The Morgan fingerprint density at radius 1 is 1.00 bits per heavy atom. The van der Waals surface area contributed by atoms with E-state index < -0.39 is 42.3 Å². The summed E-state index contributed by atoms with van der Waals surface area (Å²) in [4.78, 5) is 46.6. The van der Waals surface area contributed by atoms with E-state index in [2.05, 4.69) is 16.0 Å². The van der Waals surface area contributed by atoms with Crippen LogP contribution in [0, 0.1) is 0 Å². The van der Waals surface area contributed by atoms with E-state index >= 15 is 0 Å². The van der Waals surface area contributed by atoms with E-state index in [1.165, 1.54) is 0 Å². The highest BCUT2D eigenvalue weighted by molar-refractivity contribution is 5.87. The number of aliphatic carboxylic acids is 1. The zero-order valence-electron chi connectivity index (χ0n) is 18.1. The van der Waals surface area contributed by atoms with Gasteiger partial charge >= 0.3 is 18.2 Å². The number of carbonyl (C=O) groups is 4. The van der Waals surface area contributed by atoms with E-state index in [0.29, 0.717) is 19.4 Å². The fourth-order valence-corrected chi connectivity index (χ4v) is 2.44. The molecule has 0 fully saturated rings. The van der Waals surface area contributed by atoms with Gasteiger partial charge < -0.3 is 30.5 Å². The van der Waals surface area contributed by atoms with Crippen molar-refractivity contribution < 1.29 is 33.8 Å². The number of carboxylic acids is 1. The van der Waals surface area contributed by atoms with Crippen molar-refractivity contribution in [3.63, 3.8) is 0 Å². The number of unbranched alkanes of at least 4 members (excludes halogenated alkanes) is 1. The third kappa shape index (κ3) is 12.8. The number of carbonyl (C=O) groups excluding carboxylic acids is 3. The van der Waals surface area contributed by atoms with Gasteiger partial charge in [-0.05, 0) is 45.6 Å². The summed E-state index contributed by atoms with van der Waals surface area (Å²) < 4.78 is 10.3. The molecule has 0 saturated heterocycles. The topological polar surface area (TPSA) is 143 Å². The second kappa shape index (κ2) is 13.1. The highest BCUT2D eigenvalue weighted by Gasteiger charge is 2.24. The average molecular weight is 437 g/mol. The SMILES string of the molecule is CC(C)(C)OC(=O)N[C@H](CCCCNC(=O)OCc1ccccc1)C(=O)NCC(=O)O. The lowest BCUT2D eigenvalue weighted by atomic mass is 10.1. The lowest BCUT2D eigenvalue weighted by molar-refractivity contribution is -0.138. The summed E-state index contributed by atoms with van der Waals surface area (Å²) in [6, 6.07) is 8.31. The predicted octanol–water partition coefficient (Wildman–Crippen LogP) is 2.18. The van der Waals surface area contributed by atoms with E-state index in [-0.39, 0.29) is 13.0 Å². The molecule has 0 aromatic heterocycles. The van der Waals surface area contributed by atoms with Gasteiger partial charge in [0, 0.05) is 6.54 Å². The van der Waals surface area contributed by atoms with Crippen molar-refractivity contribution in [1.82, 2.24) is 16.0 Å². The van der Waals surface area contributed by atoms with Crippen LogP contribution in [0.15, 0.2) is 30.3 Å². The third-order valence-corrected chi connectivity index (χ3v) is 3.82. The number of amides is 3. The number of hydrogen-bond donors (Lipinski definition) is 4. The van der Waals surface area contributed by atoms with E-state index in [1.54, 1.807) is 20.8 Å². The molecule has 4 N–H and O–H groups in total. The summed E-state index contributed by atoms with van der Waals surface area (Å²) in [7, 11) is 0. The Balaban J connectivity index is 2.39. The van der Waals surface area contributed by atoms with Crippen LogP contribution in [0.2, 0.25) is 0 Å². The molecule has 0 spiro atoms. The number of rotatable bonds is 11. The highest BCUT2D eigenvalue weighted by Crippen LogP contribution is 2.08. The molecule has 0 aliphatic rings. The summed E-state index contributed by atoms with van der Waals surface area (Å²) in [5.74, 6) is -1.81. The number of alkyl carbamates (subject to hydrolysis) is 2. The first-order chi connectivity index (χ1) is 14.6. The minimum atomic E-state index is -1.19. The molecule has 1 aromatic carbocycles. The maximum absolute atomic E-state index is 12.2. The van der Waals surface area contributed by atoms with Gasteiger partial charge in [0.25, 0.3) is 0 Å². The summed E-state index contributed by atoms with van der Waals surface area (Å²) in [6.45, 7) is 5.00. The largest absolute Gasteiger partial charge is 0.480 e. The smallest absolute Gasteiger partial charge is 0.408 e. The first-order valence-corrected chi connectivity index (χ1v) is 10.0. The molecule has 0 bridgehead atoms. The van der Waals surface area contributed by atoms with E-state index in [1.807, 2.05) is 30.3 Å². The van der Waals surface area contributed by atoms with Crippen LogP contribution >= 0.6 is 0 Å². The number of hydrogen-bond acceptors (Lipinski definition) is 6. The quantitative estimate of drug-likeness (QED) is 0.389. The Labute approximate surface area is 181 Å². The van der Waals surface area contributed by atoms with Crippen LogP contribution in [0.25, 0.3) is 0 Å². The first kappa shape index (κ1) is 25.7. The molecular weight excluding hydrogens is 406 g/mol. The minimum absolute atomic E-state index is 0.165. The molecule has 10 heteroatoms. The number of benzene rings is 1. The van der Waals surface area contributed by atoms with E-state index in [0.717, 1.165) is 5.56 Å². The van der Waals surface area contributed by atoms with Crippen LogP contribution in [-0.2, 0) is 25.7 Å². The van der Waals surface area contributed by atoms with Crippen LogP contribution in [-0.4, -0.2) is 53.9 Å². The van der Waals surface area contributed by atoms with Crippen LogP contribution in [0.3, 0.4) is 0 Å². The maximum atomic E-state index is 12.2. The molecule has 0 saturated carbocycles. The van der Waals surface area contributed by atoms with Gasteiger partial charge in [-0.15, -0.1) is 0 Å². The molecule has 0 aliphatic carbocycles. The summed E-state index contributed by atoms with van der Waals surface area (Å²) in [5.41, 5.74) is 0.136. The van der Waals surface area contributed by atoms with Crippen LogP contribution in [0.4, 0.5) is 9.59 Å². The molecule has 3 amide bonds. The van der Waals surface area contributed by atoms with Crippen molar-refractivity contribution in [3.8, 4) is 0 Å². The monoisotopic (exact) mass is 437 g/mol. The Hall–Kier alpha value is -3.30. The van der Waals surface area contributed by atoms with Crippen molar-refractivity contribution in [2.75, 3.05) is 13.1 Å². The molecule has 31 heavy (non-hydrogen) atoms. The van der Waals surface area contributed by atoms with Crippen molar-refractivity contribution in [1.29, 1.82) is 0 Å². The summed E-state index contributed by atoms with van der Waals surface area (Å²) >= 11 is 0. The van der Waals surface area contributed by atoms with Gasteiger partial charge in [0.2, 0.25) is 5.91 Å². The highest BCUT2D eigenvalue weighted by atomic mass is 16.6. The van der Waals surface area contributed by atoms with Gasteiger partial charge in [-0.3, -0.25) is 9.59 Å². The third-order valence-electron chi connectivity index (χ3n) is 3.82. The van der Waals surface area contributed by atoms with Crippen molar-refractivity contribution in [2.24, 2.45) is 0 Å². The second-order valence-electron chi connectivity index (χ2n) is 7.79. The van der Waals surface area contributed by atoms with Gasteiger partial charge in [-0.25, -0.2) is 9.59 Å². The first-order valence-electron chi connectivity index (χ1n) is 10.0. The van der Waals surface area contributed by atoms with Gasteiger partial charge in [-0.1, -0.05) is 30.3 Å². The fraction of sp³-hybridized carbons (Fsp3) is 0.524. The Morgan fingerprint density at radius 3 is 2.29 bits per heavy atom. The summed E-state index contributed by atoms with van der Waals surface area (Å²) in [5, 5.41) is 16.0. The Kier molecular flexibility index (Phi) is 10.9. The average Bonchev–Trinajstić information content (AvgIpc) is 2.68. The number of nitrogens with one attached hydrogen (secondary N) is 3. The van der Waals surface area contributed by atoms with Crippen molar-refractivity contribution in [2.45, 2.75) is 58.3 Å². The molecule has 0 heterocycles. The van der Waals surface area contributed by atoms with Gasteiger partial charge in [-0.2, -0.15) is 0 Å². The van der Waals surface area contributed by atoms with Crippen LogP contribution < -0.4 is 16.0 Å².